The Labute approximate surface area is 170 Å². The molecule has 0 saturated carbocycles. The summed E-state index contributed by atoms with van der Waals surface area (Å²) in [4.78, 5) is 24.8. The van der Waals surface area contributed by atoms with Gasteiger partial charge in [-0.2, -0.15) is 0 Å². The highest BCUT2D eigenvalue weighted by Crippen LogP contribution is 2.32. The maximum atomic E-state index is 14.1. The number of piperidine rings is 1. The van der Waals surface area contributed by atoms with E-state index in [1.165, 1.54) is 12.1 Å². The van der Waals surface area contributed by atoms with Crippen LogP contribution in [-0.2, 0) is 26.0 Å². The molecule has 2 amide bonds. The molecule has 1 saturated heterocycles. The van der Waals surface area contributed by atoms with Crippen LogP contribution in [0.1, 0.15) is 32.3 Å². The molecule has 1 aromatic carbocycles. The van der Waals surface area contributed by atoms with Crippen LogP contribution < -0.4 is 16.0 Å². The van der Waals surface area contributed by atoms with Gasteiger partial charge in [0.2, 0.25) is 11.8 Å². The van der Waals surface area contributed by atoms with Gasteiger partial charge in [-0.05, 0) is 38.9 Å². The molecule has 0 radical (unpaired) electrons. The predicted octanol–water partition coefficient (Wildman–Crippen LogP) is 1.05. The minimum atomic E-state index is -3.50. The number of halogens is 1. The summed E-state index contributed by atoms with van der Waals surface area (Å²) in [6.07, 6.45) is 1.76. The van der Waals surface area contributed by atoms with Crippen molar-refractivity contribution in [3.63, 3.8) is 0 Å². The molecule has 2 heterocycles. The summed E-state index contributed by atoms with van der Waals surface area (Å²) in [5, 5.41) is 9.01. The number of fused-ring (bicyclic) bond motifs is 1. The van der Waals surface area contributed by atoms with Gasteiger partial charge >= 0.3 is 0 Å². The topological polar surface area (TPSA) is 104 Å². The summed E-state index contributed by atoms with van der Waals surface area (Å²) in [5.74, 6) is -1.18. The lowest BCUT2D eigenvalue weighted by Gasteiger charge is -2.42. The minimum absolute atomic E-state index is 0.0769. The summed E-state index contributed by atoms with van der Waals surface area (Å²) in [5.41, 5.74) is 1.54. The van der Waals surface area contributed by atoms with Crippen molar-refractivity contribution >= 4 is 21.7 Å². The van der Waals surface area contributed by atoms with Crippen LogP contribution >= 0.6 is 0 Å². The lowest BCUT2D eigenvalue weighted by Crippen LogP contribution is -2.57. The van der Waals surface area contributed by atoms with Crippen molar-refractivity contribution in [3.05, 3.63) is 40.7 Å². The monoisotopic (exact) mass is 423 g/mol. The molecule has 0 spiro atoms. The number of nitrogens with one attached hydrogen (secondary N) is 3. The summed E-state index contributed by atoms with van der Waals surface area (Å²) >= 11 is 0. The molecule has 3 atom stereocenters. The van der Waals surface area contributed by atoms with E-state index >= 15 is 0 Å². The summed E-state index contributed by atoms with van der Waals surface area (Å²) in [6.45, 7) is 4.71. The zero-order valence-electron chi connectivity index (χ0n) is 16.7. The third kappa shape index (κ3) is 4.67. The van der Waals surface area contributed by atoms with Gasteiger partial charge in [0, 0.05) is 41.9 Å². The molecule has 0 aliphatic carbocycles. The molecule has 0 aromatic heterocycles. The Morgan fingerprint density at radius 1 is 1.34 bits per heavy atom. The largest absolute Gasteiger partial charge is 0.352 e. The van der Waals surface area contributed by atoms with E-state index in [2.05, 4.69) is 22.9 Å². The van der Waals surface area contributed by atoms with Crippen LogP contribution in [0.5, 0.6) is 0 Å². The van der Waals surface area contributed by atoms with Gasteiger partial charge in [0.1, 0.15) is 5.82 Å². The molecule has 2 aliphatic heterocycles. The van der Waals surface area contributed by atoms with Crippen molar-refractivity contribution in [1.82, 2.24) is 16.0 Å². The van der Waals surface area contributed by atoms with Crippen molar-refractivity contribution in [3.8, 4) is 0 Å². The molecule has 9 heteroatoms. The highest BCUT2D eigenvalue weighted by molar-refractivity contribution is 7.90. The molecule has 3 unspecified atom stereocenters. The second-order valence-electron chi connectivity index (χ2n) is 7.78. The molecule has 158 valence electrons. The SMILES string of the molecule is CC1=C(CC(=O)NCc2ccc(S(C)(=O)=O)cc2F)C(=O)NC2CCNC(C)C12. The minimum Gasteiger partial charge on any atom is -0.352 e. The molecule has 7 nitrogen and oxygen atoms in total. The Morgan fingerprint density at radius 2 is 2.07 bits per heavy atom. The summed E-state index contributed by atoms with van der Waals surface area (Å²) in [6, 6.07) is 3.86. The maximum absolute atomic E-state index is 14.1. The molecule has 0 bridgehead atoms. The van der Waals surface area contributed by atoms with E-state index in [0.29, 0.717) is 5.57 Å². The maximum Gasteiger partial charge on any atom is 0.247 e. The van der Waals surface area contributed by atoms with Crippen molar-refractivity contribution in [2.75, 3.05) is 12.8 Å². The van der Waals surface area contributed by atoms with Crippen molar-refractivity contribution in [1.29, 1.82) is 0 Å². The molecule has 1 fully saturated rings. The van der Waals surface area contributed by atoms with E-state index in [1.807, 2.05) is 6.92 Å². The van der Waals surface area contributed by atoms with Crippen LogP contribution in [0.25, 0.3) is 0 Å². The van der Waals surface area contributed by atoms with Gasteiger partial charge in [-0.1, -0.05) is 11.6 Å². The smallest absolute Gasteiger partial charge is 0.247 e. The van der Waals surface area contributed by atoms with Crippen LogP contribution in [0.3, 0.4) is 0 Å². The number of carbonyl (C=O) groups excluding carboxylic acids is 2. The first-order chi connectivity index (χ1) is 13.6. The Kier molecular flexibility index (Phi) is 6.09. The van der Waals surface area contributed by atoms with Crippen LogP contribution in [0.4, 0.5) is 4.39 Å². The van der Waals surface area contributed by atoms with Gasteiger partial charge in [0.05, 0.1) is 11.3 Å². The van der Waals surface area contributed by atoms with Gasteiger partial charge in [-0.3, -0.25) is 9.59 Å². The standard InChI is InChI=1S/C20H26FN3O4S/c1-11-15(20(26)24-17-6-7-22-12(2)19(11)17)9-18(25)23-10-13-4-5-14(8-16(13)21)29(3,27)28/h4-5,8,12,17,19,22H,6-7,9-10H2,1-3H3,(H,23,25)(H,24,26). The Morgan fingerprint density at radius 3 is 2.72 bits per heavy atom. The number of rotatable bonds is 5. The van der Waals surface area contributed by atoms with Gasteiger partial charge in [-0.25, -0.2) is 12.8 Å². The highest BCUT2D eigenvalue weighted by atomic mass is 32.2. The van der Waals surface area contributed by atoms with E-state index < -0.39 is 21.6 Å². The van der Waals surface area contributed by atoms with Gasteiger partial charge in [0.15, 0.2) is 9.84 Å². The second kappa shape index (κ2) is 8.23. The van der Waals surface area contributed by atoms with E-state index in [1.54, 1.807) is 0 Å². The third-order valence-electron chi connectivity index (χ3n) is 5.73. The lowest BCUT2D eigenvalue weighted by molar-refractivity contribution is -0.124. The fourth-order valence-corrected chi connectivity index (χ4v) is 4.77. The second-order valence-corrected chi connectivity index (χ2v) is 9.79. The molecule has 3 N–H and O–H groups in total. The quantitative estimate of drug-likeness (QED) is 0.657. The number of hydrogen-bond acceptors (Lipinski definition) is 5. The molecular formula is C20H26FN3O4S. The third-order valence-corrected chi connectivity index (χ3v) is 6.84. The van der Waals surface area contributed by atoms with Crippen molar-refractivity contribution < 1.29 is 22.4 Å². The fraction of sp³-hybridized carbons (Fsp3) is 0.500. The number of hydrogen-bond donors (Lipinski definition) is 3. The molecule has 1 aromatic rings. The highest BCUT2D eigenvalue weighted by Gasteiger charge is 2.39. The van der Waals surface area contributed by atoms with E-state index in [4.69, 9.17) is 0 Å². The predicted molar refractivity (Wildman–Crippen MR) is 106 cm³/mol. The number of amides is 2. The molecular weight excluding hydrogens is 397 g/mol. The van der Waals surface area contributed by atoms with Crippen LogP contribution in [0.2, 0.25) is 0 Å². The van der Waals surface area contributed by atoms with Crippen LogP contribution in [0, 0.1) is 11.7 Å². The zero-order chi connectivity index (χ0) is 21.3. The molecule has 2 aliphatic rings. The number of sulfone groups is 1. The number of benzene rings is 1. The van der Waals surface area contributed by atoms with E-state index in [0.717, 1.165) is 30.9 Å². The van der Waals surface area contributed by atoms with Gasteiger partial charge < -0.3 is 16.0 Å². The Bertz CT molecular complexity index is 974. The zero-order valence-corrected chi connectivity index (χ0v) is 17.5. The van der Waals surface area contributed by atoms with E-state index in [-0.39, 0.29) is 47.3 Å². The van der Waals surface area contributed by atoms with Crippen LogP contribution in [-0.4, -0.2) is 45.1 Å². The fourth-order valence-electron chi connectivity index (χ4n) is 4.13. The molecule has 3 rings (SSSR count). The van der Waals surface area contributed by atoms with Crippen molar-refractivity contribution in [2.24, 2.45) is 5.92 Å². The average Bonchev–Trinajstić information content (AvgIpc) is 2.63. The first-order valence-electron chi connectivity index (χ1n) is 9.57. The van der Waals surface area contributed by atoms with Crippen molar-refractivity contribution in [2.45, 2.75) is 50.2 Å². The first kappa shape index (κ1) is 21.4. The Balaban J connectivity index is 1.68. The first-order valence-corrected chi connectivity index (χ1v) is 11.5. The number of carbonyl (C=O) groups is 2. The van der Waals surface area contributed by atoms with E-state index in [9.17, 15) is 22.4 Å². The summed E-state index contributed by atoms with van der Waals surface area (Å²) in [7, 11) is -3.50. The molecule has 29 heavy (non-hydrogen) atoms. The summed E-state index contributed by atoms with van der Waals surface area (Å²) < 4.78 is 37.1. The van der Waals surface area contributed by atoms with Gasteiger partial charge in [-0.15, -0.1) is 0 Å². The van der Waals surface area contributed by atoms with Crippen LogP contribution in [0.15, 0.2) is 34.2 Å². The Hall–Kier alpha value is -2.26. The average molecular weight is 424 g/mol. The lowest BCUT2D eigenvalue weighted by atomic mass is 9.76. The van der Waals surface area contributed by atoms with Gasteiger partial charge in [0.25, 0.3) is 0 Å². The normalized spacial score (nSPS) is 24.7.